The summed E-state index contributed by atoms with van der Waals surface area (Å²) < 4.78 is 76.1. The predicted molar refractivity (Wildman–Crippen MR) is 377 cm³/mol. The van der Waals surface area contributed by atoms with E-state index in [1.165, 1.54) is 36.7 Å². The van der Waals surface area contributed by atoms with E-state index in [0.717, 1.165) is 95.3 Å². The second kappa shape index (κ2) is 32.3. The lowest BCUT2D eigenvalue weighted by Crippen LogP contribution is -2.37. The summed E-state index contributed by atoms with van der Waals surface area (Å²) in [5.74, 6) is -1.42. The van der Waals surface area contributed by atoms with E-state index in [-0.39, 0.29) is 47.0 Å². The second-order valence-electron chi connectivity index (χ2n) is 23.2. The van der Waals surface area contributed by atoms with E-state index in [2.05, 4.69) is 38.1 Å². The molecule has 0 unspecified atom stereocenters. The summed E-state index contributed by atoms with van der Waals surface area (Å²) in [5.41, 5.74) is 10.3. The first-order valence-electron chi connectivity index (χ1n) is 32.0. The Morgan fingerprint density at radius 1 is 0.475 bits per heavy atom. The zero-order valence-electron chi connectivity index (χ0n) is 54.3. The monoisotopic (exact) mass is 1330 g/mol. The number of nitrogens with zero attached hydrogens (tertiary/aromatic N) is 3. The predicted octanol–water partition coefficient (Wildman–Crippen LogP) is 18.3. The fourth-order valence-electron chi connectivity index (χ4n) is 11.4. The van der Waals surface area contributed by atoms with Gasteiger partial charge in [-0.25, -0.2) is 18.8 Å². The Morgan fingerprint density at radius 3 is 1.31 bits per heavy atom. The number of H-pyrrole nitrogens is 1. The average molecular weight is 1340 g/mol. The second-order valence-corrected chi connectivity index (χ2v) is 23.2. The van der Waals surface area contributed by atoms with Gasteiger partial charge in [0, 0.05) is 48.7 Å². The van der Waals surface area contributed by atoms with Crippen molar-refractivity contribution in [1.82, 2.24) is 9.88 Å². The van der Waals surface area contributed by atoms with Gasteiger partial charge in [0.15, 0.2) is 0 Å². The molecule has 0 radical (unpaired) electrons. The van der Waals surface area contributed by atoms with Crippen molar-refractivity contribution >= 4 is 41.0 Å². The van der Waals surface area contributed by atoms with Crippen molar-refractivity contribution < 1.29 is 71.3 Å². The third-order valence-corrected chi connectivity index (χ3v) is 16.2. The molecule has 0 atom stereocenters. The van der Waals surface area contributed by atoms with E-state index < -0.39 is 35.7 Å². The maximum atomic E-state index is 14.0. The first kappa shape index (κ1) is 68.6. The van der Waals surface area contributed by atoms with Crippen molar-refractivity contribution in [3.05, 3.63) is 263 Å². The molecule has 13 rings (SSSR count). The summed E-state index contributed by atoms with van der Waals surface area (Å²) in [7, 11) is 0. The summed E-state index contributed by atoms with van der Waals surface area (Å²) in [6.45, 7) is 12.4. The van der Waals surface area contributed by atoms with Crippen LogP contribution >= 0.6 is 0 Å². The number of halogens is 3. The molecule has 0 amide bonds. The number of rotatable bonds is 22. The molecule has 16 nitrogen and oxygen atoms in total. The van der Waals surface area contributed by atoms with Crippen LogP contribution in [0.2, 0.25) is 0 Å². The number of carbonyl (C=O) groups is 3. The molecule has 1 saturated heterocycles. The fraction of sp³-hybridized carbons (Fsp3) is 0.163. The Labute approximate surface area is 569 Å². The molecule has 0 saturated carbocycles. The van der Waals surface area contributed by atoms with Crippen LogP contribution in [0.15, 0.2) is 229 Å². The fourth-order valence-corrected chi connectivity index (χ4v) is 11.4. The van der Waals surface area contributed by atoms with Crippen LogP contribution in [-0.2, 0) is 4.74 Å². The van der Waals surface area contributed by atoms with Gasteiger partial charge in [-0.05, 0) is 174 Å². The maximum Gasteiger partial charge on any atom is 0.339 e. The van der Waals surface area contributed by atoms with Gasteiger partial charge in [-0.3, -0.25) is 14.9 Å². The van der Waals surface area contributed by atoms with Crippen molar-refractivity contribution in [3.63, 3.8) is 0 Å². The zero-order chi connectivity index (χ0) is 69.4. The number of aryl methyl sites for hydroxylation is 2. The number of nitrogens with one attached hydrogen (secondary N) is 1. The molecular weight excluding hydrogens is 1270 g/mol. The molecule has 3 aliphatic rings. The van der Waals surface area contributed by atoms with Gasteiger partial charge in [0.05, 0.1) is 39.5 Å². The van der Waals surface area contributed by atoms with Crippen molar-refractivity contribution in [2.75, 3.05) is 59.2 Å². The third-order valence-electron chi connectivity index (χ3n) is 16.2. The molecule has 0 aliphatic carbocycles. The molecule has 10 aromatic rings. The average Bonchev–Trinajstić information content (AvgIpc) is 1.80. The molecule has 99 heavy (non-hydrogen) atoms. The molecule has 9 aromatic carbocycles. The Bertz CT molecular complexity index is 4690. The Morgan fingerprint density at radius 2 is 0.899 bits per heavy atom. The summed E-state index contributed by atoms with van der Waals surface area (Å²) >= 11 is 0. The number of ether oxygens (including phenoxy) is 6. The highest BCUT2D eigenvalue weighted by atomic mass is 19.1. The Hall–Kier alpha value is -11.8. The summed E-state index contributed by atoms with van der Waals surface area (Å²) in [6, 6.07) is 57.9. The van der Waals surface area contributed by atoms with Gasteiger partial charge in [-0.2, -0.15) is 8.78 Å². The minimum Gasteiger partial charge on any atom is -0.494 e. The van der Waals surface area contributed by atoms with E-state index in [9.17, 15) is 42.9 Å². The number of hydrogen-bond donors (Lipinski definition) is 4. The molecule has 3 aliphatic heterocycles. The largest absolute Gasteiger partial charge is 0.494 e. The van der Waals surface area contributed by atoms with Crippen LogP contribution in [0.5, 0.6) is 46.0 Å². The topological polar surface area (TPSA) is 211 Å². The van der Waals surface area contributed by atoms with Crippen LogP contribution in [-0.4, -0.2) is 114 Å². The highest BCUT2D eigenvalue weighted by Crippen LogP contribution is 2.37. The Balaban J connectivity index is 0.000000151. The SMILES string of the molecule is CCOc1ccc(-c2cccc(Oc3ccc(C4=CCN=C4F)cc3C(=O)O)c2)cc1.Cc1cc(C)cc(-c2cccc(Oc3ccc(C4=CCN=C4F)cc3C(=O)O)c2)c1.O=C(O)c1cc(-c2c[nH]cc2F)ccc1Oc1cccc(-c2ccc(OCCCN3CCOCC3)cc2)c1. The van der Waals surface area contributed by atoms with Gasteiger partial charge >= 0.3 is 17.9 Å². The van der Waals surface area contributed by atoms with Gasteiger partial charge in [0.25, 0.3) is 0 Å². The van der Waals surface area contributed by atoms with Crippen molar-refractivity contribution in [1.29, 1.82) is 0 Å². The molecule has 1 aromatic heterocycles. The quantitative estimate of drug-likeness (QED) is 0.0466. The standard InChI is InChI=1S/C30H29FN2O5.C25H20FNO4.C25H20FNO3/c31-28-20-32-19-27(28)23-7-10-29(26(18-23)30(34)35)38-25-4-1-3-22(17-25)21-5-8-24(9-6-21)37-14-2-11-33-12-15-36-16-13-33;1-2-30-19-9-6-16(7-10-19)17-4-3-5-20(14-17)31-23-11-8-18(15-22(23)25(28)29)21-12-13-27-24(21)26;1-15-10-16(2)12-19(11-15)17-4-3-5-20(13-17)30-23-7-6-18(14-22(23)25(28)29)21-8-9-27-24(21)26/h1,3-10,17-20,32H,2,11-16H2,(H,34,35);3-12,14-15H,2,13H2,1H3,(H,28,29);3-8,10-14H,9H2,1-2H3,(H,28,29). The molecule has 0 spiro atoms. The van der Waals surface area contributed by atoms with Gasteiger partial charge < -0.3 is 48.7 Å². The smallest absolute Gasteiger partial charge is 0.339 e. The lowest BCUT2D eigenvalue weighted by Gasteiger charge is -2.26. The number of aromatic nitrogens is 1. The minimum absolute atomic E-state index is 0.0371. The van der Waals surface area contributed by atoms with Crippen LogP contribution in [0.3, 0.4) is 0 Å². The van der Waals surface area contributed by atoms with Crippen LogP contribution in [0, 0.1) is 19.7 Å². The van der Waals surface area contributed by atoms with Gasteiger partial charge in [-0.1, -0.05) is 120 Å². The van der Waals surface area contributed by atoms with Gasteiger partial charge in [0.2, 0.25) is 11.9 Å². The molecule has 502 valence electrons. The van der Waals surface area contributed by atoms with Crippen LogP contribution in [0.4, 0.5) is 13.2 Å². The summed E-state index contributed by atoms with van der Waals surface area (Å²) in [6.07, 6.45) is 6.92. The number of aliphatic imine (C=N–C) groups is 2. The van der Waals surface area contributed by atoms with E-state index in [1.54, 1.807) is 60.7 Å². The molecule has 4 heterocycles. The van der Waals surface area contributed by atoms with E-state index in [0.29, 0.717) is 63.9 Å². The zero-order valence-corrected chi connectivity index (χ0v) is 54.3. The number of aromatic amines is 1. The van der Waals surface area contributed by atoms with Gasteiger partial charge in [-0.15, -0.1) is 0 Å². The molecule has 4 N–H and O–H groups in total. The van der Waals surface area contributed by atoms with Crippen LogP contribution in [0.25, 0.3) is 55.7 Å². The molecular formula is C80H69F3N4O12. The number of carboxylic acid groups (broad SMARTS) is 3. The number of carboxylic acids is 3. The Kier molecular flexibility index (Phi) is 22.4. The molecule has 1 fully saturated rings. The van der Waals surface area contributed by atoms with Crippen LogP contribution in [0.1, 0.15) is 66.7 Å². The highest BCUT2D eigenvalue weighted by molar-refractivity contribution is 6.21. The number of hydrogen-bond acceptors (Lipinski definition) is 12. The number of benzene rings is 9. The van der Waals surface area contributed by atoms with Crippen molar-refractivity contribution in [2.24, 2.45) is 9.98 Å². The van der Waals surface area contributed by atoms with Crippen LogP contribution < -0.4 is 23.7 Å². The summed E-state index contributed by atoms with van der Waals surface area (Å²) in [4.78, 5) is 48.0. The number of allylic oxidation sites excluding steroid dienone is 2. The number of aromatic carboxylic acids is 3. The van der Waals surface area contributed by atoms with Crippen molar-refractivity contribution in [3.8, 4) is 90.5 Å². The highest BCUT2D eigenvalue weighted by Gasteiger charge is 2.23. The first-order chi connectivity index (χ1) is 48.0. The molecule has 0 bridgehead atoms. The van der Waals surface area contributed by atoms with E-state index >= 15 is 0 Å². The van der Waals surface area contributed by atoms with E-state index in [4.69, 9.17) is 28.4 Å². The van der Waals surface area contributed by atoms with E-state index in [1.807, 2.05) is 124 Å². The minimum atomic E-state index is -1.16. The number of morpholine rings is 1. The maximum absolute atomic E-state index is 14.0. The normalized spacial score (nSPS) is 13.3. The summed E-state index contributed by atoms with van der Waals surface area (Å²) in [5, 5.41) is 29.0. The van der Waals surface area contributed by atoms with Crippen molar-refractivity contribution in [2.45, 2.75) is 27.2 Å². The van der Waals surface area contributed by atoms with Gasteiger partial charge in [0.1, 0.15) is 68.5 Å². The lowest BCUT2D eigenvalue weighted by atomic mass is 10.0. The molecule has 19 heteroatoms. The first-order valence-corrected chi connectivity index (χ1v) is 32.0. The lowest BCUT2D eigenvalue weighted by molar-refractivity contribution is 0.0358. The third kappa shape index (κ3) is 17.8.